The van der Waals surface area contributed by atoms with Crippen molar-refractivity contribution in [2.24, 2.45) is 11.7 Å². The van der Waals surface area contributed by atoms with Crippen molar-refractivity contribution >= 4 is 5.91 Å². The van der Waals surface area contributed by atoms with E-state index in [0.29, 0.717) is 5.92 Å². The molecule has 1 amide bonds. The molecule has 2 heterocycles. The van der Waals surface area contributed by atoms with Gasteiger partial charge in [-0.25, -0.2) is 0 Å². The van der Waals surface area contributed by atoms with Crippen LogP contribution in [-0.2, 0) is 9.53 Å². The maximum absolute atomic E-state index is 11.5. The van der Waals surface area contributed by atoms with Gasteiger partial charge < -0.3 is 15.4 Å². The smallest absolute Gasteiger partial charge is 0.239 e. The summed E-state index contributed by atoms with van der Waals surface area (Å²) in [5.74, 6) is 0.781. The van der Waals surface area contributed by atoms with Gasteiger partial charge in [-0.15, -0.1) is 0 Å². The number of nitrogens with zero attached hydrogens (tertiary/aromatic N) is 1. The molecule has 4 heteroatoms. The first-order valence-corrected chi connectivity index (χ1v) is 5.39. The topological polar surface area (TPSA) is 55.6 Å². The molecule has 2 N–H and O–H groups in total. The highest BCUT2D eigenvalue weighted by Gasteiger charge is 2.28. The minimum Gasteiger partial charge on any atom is -0.381 e. The van der Waals surface area contributed by atoms with Gasteiger partial charge in [0.05, 0.1) is 6.04 Å². The molecule has 0 saturated carbocycles. The highest BCUT2D eigenvalue weighted by molar-refractivity contribution is 5.83. The molecule has 2 aliphatic rings. The zero-order valence-electron chi connectivity index (χ0n) is 8.45. The fourth-order valence-electron chi connectivity index (χ4n) is 2.13. The van der Waals surface area contributed by atoms with Crippen LogP contribution in [-0.4, -0.2) is 43.2 Å². The Hall–Kier alpha value is -0.610. The Labute approximate surface area is 84.4 Å². The van der Waals surface area contributed by atoms with Crippen molar-refractivity contribution in [3.63, 3.8) is 0 Å². The Morgan fingerprint density at radius 2 is 2.36 bits per heavy atom. The van der Waals surface area contributed by atoms with Crippen molar-refractivity contribution in [3.05, 3.63) is 0 Å². The zero-order chi connectivity index (χ0) is 9.97. The number of amides is 1. The van der Waals surface area contributed by atoms with Crippen LogP contribution in [0.2, 0.25) is 0 Å². The molecule has 0 bridgehead atoms. The second kappa shape index (κ2) is 4.28. The monoisotopic (exact) mass is 198 g/mol. The summed E-state index contributed by atoms with van der Waals surface area (Å²) in [5, 5.41) is 0. The van der Waals surface area contributed by atoms with Crippen LogP contribution in [0, 0.1) is 5.92 Å². The average molecular weight is 198 g/mol. The van der Waals surface area contributed by atoms with Gasteiger partial charge in [0, 0.05) is 26.3 Å². The third-order valence-corrected chi connectivity index (χ3v) is 3.17. The van der Waals surface area contributed by atoms with Gasteiger partial charge in [0.2, 0.25) is 5.91 Å². The van der Waals surface area contributed by atoms with E-state index in [9.17, 15) is 4.79 Å². The summed E-state index contributed by atoms with van der Waals surface area (Å²) in [5.41, 5.74) is 5.64. The van der Waals surface area contributed by atoms with Gasteiger partial charge in [-0.05, 0) is 25.2 Å². The van der Waals surface area contributed by atoms with Crippen LogP contribution in [0.4, 0.5) is 0 Å². The van der Waals surface area contributed by atoms with Crippen LogP contribution in [0.1, 0.15) is 19.3 Å². The van der Waals surface area contributed by atoms with Crippen LogP contribution in [0.3, 0.4) is 0 Å². The number of carbonyl (C=O) groups excluding carboxylic acids is 1. The lowest BCUT2D eigenvalue weighted by Gasteiger charge is -2.17. The van der Waals surface area contributed by atoms with E-state index in [0.717, 1.165) is 45.6 Å². The Morgan fingerprint density at radius 3 is 2.93 bits per heavy atom. The maximum atomic E-state index is 11.5. The minimum absolute atomic E-state index is 0.129. The number of ether oxygens (including phenoxy) is 1. The normalized spacial score (nSPS) is 32.9. The van der Waals surface area contributed by atoms with Crippen molar-refractivity contribution in [2.75, 3.05) is 26.3 Å². The molecule has 80 valence electrons. The fraction of sp³-hybridized carbons (Fsp3) is 0.900. The van der Waals surface area contributed by atoms with Crippen LogP contribution >= 0.6 is 0 Å². The van der Waals surface area contributed by atoms with E-state index in [1.807, 2.05) is 4.90 Å². The van der Waals surface area contributed by atoms with E-state index >= 15 is 0 Å². The number of likely N-dealkylation sites (tertiary alicyclic amines) is 1. The lowest BCUT2D eigenvalue weighted by atomic mass is 10.1. The zero-order valence-corrected chi connectivity index (χ0v) is 8.45. The van der Waals surface area contributed by atoms with Crippen molar-refractivity contribution in [1.82, 2.24) is 4.90 Å². The summed E-state index contributed by atoms with van der Waals surface area (Å²) < 4.78 is 5.29. The van der Waals surface area contributed by atoms with Gasteiger partial charge in [-0.3, -0.25) is 4.79 Å². The Kier molecular flexibility index (Phi) is 3.03. The SMILES string of the molecule is NC1CCN(CCC2CCOC2)C1=O. The Bertz CT molecular complexity index is 214. The quantitative estimate of drug-likeness (QED) is 0.693. The molecule has 0 aliphatic carbocycles. The molecule has 2 fully saturated rings. The highest BCUT2D eigenvalue weighted by atomic mass is 16.5. The van der Waals surface area contributed by atoms with E-state index in [1.165, 1.54) is 0 Å². The maximum Gasteiger partial charge on any atom is 0.239 e. The van der Waals surface area contributed by atoms with E-state index in [-0.39, 0.29) is 11.9 Å². The molecule has 0 aromatic heterocycles. The summed E-state index contributed by atoms with van der Waals surface area (Å²) in [6.45, 7) is 3.46. The first kappa shape index (κ1) is 9.93. The van der Waals surface area contributed by atoms with Crippen LogP contribution in [0.5, 0.6) is 0 Å². The van der Waals surface area contributed by atoms with Gasteiger partial charge in [-0.2, -0.15) is 0 Å². The van der Waals surface area contributed by atoms with E-state index in [1.54, 1.807) is 0 Å². The van der Waals surface area contributed by atoms with Gasteiger partial charge in [0.15, 0.2) is 0 Å². The second-order valence-corrected chi connectivity index (χ2v) is 4.24. The lowest BCUT2D eigenvalue weighted by Crippen LogP contribution is -2.35. The molecular formula is C10H18N2O2. The number of hydrogen-bond acceptors (Lipinski definition) is 3. The van der Waals surface area contributed by atoms with Gasteiger partial charge in [-0.1, -0.05) is 0 Å². The molecule has 0 radical (unpaired) electrons. The van der Waals surface area contributed by atoms with Crippen LogP contribution < -0.4 is 5.73 Å². The molecule has 2 aliphatic heterocycles. The molecule has 14 heavy (non-hydrogen) atoms. The summed E-state index contributed by atoms with van der Waals surface area (Å²) in [6, 6.07) is -0.241. The number of nitrogens with two attached hydrogens (primary N) is 1. The Balaban J connectivity index is 1.72. The van der Waals surface area contributed by atoms with E-state index < -0.39 is 0 Å². The fourth-order valence-corrected chi connectivity index (χ4v) is 2.13. The summed E-state index contributed by atoms with van der Waals surface area (Å²) in [4.78, 5) is 13.4. The van der Waals surface area contributed by atoms with Gasteiger partial charge in [0.1, 0.15) is 0 Å². The van der Waals surface area contributed by atoms with Crippen molar-refractivity contribution in [3.8, 4) is 0 Å². The predicted molar refractivity (Wildman–Crippen MR) is 52.7 cm³/mol. The largest absolute Gasteiger partial charge is 0.381 e. The summed E-state index contributed by atoms with van der Waals surface area (Å²) in [7, 11) is 0. The summed E-state index contributed by atoms with van der Waals surface area (Å²) in [6.07, 6.45) is 3.03. The molecule has 2 rings (SSSR count). The number of hydrogen-bond donors (Lipinski definition) is 1. The average Bonchev–Trinajstić information content (AvgIpc) is 2.77. The molecule has 2 unspecified atom stereocenters. The summed E-state index contributed by atoms with van der Waals surface area (Å²) >= 11 is 0. The number of carbonyl (C=O) groups is 1. The third-order valence-electron chi connectivity index (χ3n) is 3.17. The minimum atomic E-state index is -0.241. The van der Waals surface area contributed by atoms with Crippen molar-refractivity contribution in [2.45, 2.75) is 25.3 Å². The van der Waals surface area contributed by atoms with Crippen LogP contribution in [0.15, 0.2) is 0 Å². The molecule has 0 spiro atoms. The molecule has 0 aromatic carbocycles. The highest BCUT2D eigenvalue weighted by Crippen LogP contribution is 2.18. The van der Waals surface area contributed by atoms with E-state index in [4.69, 9.17) is 10.5 Å². The molecule has 4 nitrogen and oxygen atoms in total. The predicted octanol–water partition coefficient (Wildman–Crippen LogP) is -0.0274. The molecule has 2 saturated heterocycles. The standard InChI is InChI=1S/C10H18N2O2/c11-9-2-5-12(10(9)13)4-1-8-3-6-14-7-8/h8-9H,1-7,11H2. The van der Waals surface area contributed by atoms with Crippen LogP contribution in [0.25, 0.3) is 0 Å². The molecule has 2 atom stereocenters. The molecular weight excluding hydrogens is 180 g/mol. The Morgan fingerprint density at radius 1 is 1.50 bits per heavy atom. The number of rotatable bonds is 3. The van der Waals surface area contributed by atoms with Gasteiger partial charge >= 0.3 is 0 Å². The lowest BCUT2D eigenvalue weighted by molar-refractivity contribution is -0.128. The van der Waals surface area contributed by atoms with Gasteiger partial charge in [0.25, 0.3) is 0 Å². The van der Waals surface area contributed by atoms with E-state index in [2.05, 4.69) is 0 Å². The second-order valence-electron chi connectivity index (χ2n) is 4.24. The third kappa shape index (κ3) is 2.07. The first-order chi connectivity index (χ1) is 6.77. The molecule has 0 aromatic rings. The van der Waals surface area contributed by atoms with Crippen molar-refractivity contribution in [1.29, 1.82) is 0 Å². The first-order valence-electron chi connectivity index (χ1n) is 5.39. The van der Waals surface area contributed by atoms with Crippen molar-refractivity contribution < 1.29 is 9.53 Å².